The lowest BCUT2D eigenvalue weighted by molar-refractivity contribution is -0.695. The van der Waals surface area contributed by atoms with E-state index in [0.717, 1.165) is 5.01 Å². The Balaban J connectivity index is 1.70. The van der Waals surface area contributed by atoms with Crippen LogP contribution in [0.4, 0.5) is 0 Å². The average Bonchev–Trinajstić information content (AvgIpc) is 3.53. The summed E-state index contributed by atoms with van der Waals surface area (Å²) in [6.07, 6.45) is 6.11. The minimum atomic E-state index is -0.787. The number of aromatic amines is 1. The van der Waals surface area contributed by atoms with Crippen molar-refractivity contribution < 1.29 is 28.8 Å². The topological polar surface area (TPSA) is 116 Å². The van der Waals surface area contributed by atoms with Crippen LogP contribution in [0.5, 0.6) is 0 Å². The van der Waals surface area contributed by atoms with Crippen molar-refractivity contribution in [3.05, 3.63) is 81.0 Å². The van der Waals surface area contributed by atoms with Crippen molar-refractivity contribution in [1.82, 2.24) is 14.9 Å². The Morgan fingerprint density at radius 3 is 2.59 bits per heavy atom. The fraction of sp³-hybridized carbons (Fsp3) is 0.292. The first-order valence-electron chi connectivity index (χ1n) is 10.7. The number of aromatic nitrogens is 3. The first-order valence-corrected chi connectivity index (χ1v) is 11.6. The molecule has 1 aliphatic heterocycles. The van der Waals surface area contributed by atoms with Crippen molar-refractivity contribution >= 4 is 29.0 Å². The predicted octanol–water partition coefficient (Wildman–Crippen LogP) is 2.83. The number of nitrogens with zero attached hydrogens (tertiary/aromatic N) is 3. The van der Waals surface area contributed by atoms with Gasteiger partial charge in [-0.3, -0.25) is 14.6 Å². The number of aliphatic hydroxyl groups excluding tert-OH is 1. The van der Waals surface area contributed by atoms with Gasteiger partial charge in [-0.2, -0.15) is 0 Å². The van der Waals surface area contributed by atoms with Crippen LogP contribution in [0.3, 0.4) is 0 Å². The number of aliphatic hydroxyl groups is 1. The lowest BCUT2D eigenvalue weighted by Gasteiger charge is -2.26. The van der Waals surface area contributed by atoms with Crippen molar-refractivity contribution in [2.24, 2.45) is 0 Å². The smallest absolute Gasteiger partial charge is 0.337 e. The zero-order chi connectivity index (χ0) is 24.4. The number of hydrogen-bond acceptors (Lipinski definition) is 7. The van der Waals surface area contributed by atoms with Crippen LogP contribution < -0.4 is 4.57 Å². The van der Waals surface area contributed by atoms with Gasteiger partial charge in [-0.1, -0.05) is 12.1 Å². The SMILES string of the molecule is COC(=O)c1ccc(C2C(C(=O)c3sc(C)nc3C)=C(O)C(=O)N2CCC[n+]2cc[nH]c2)cc1. The van der Waals surface area contributed by atoms with Gasteiger partial charge in [0, 0.05) is 13.0 Å². The average molecular weight is 482 g/mol. The summed E-state index contributed by atoms with van der Waals surface area (Å²) in [4.78, 5) is 47.7. The summed E-state index contributed by atoms with van der Waals surface area (Å²) in [7, 11) is 1.30. The zero-order valence-electron chi connectivity index (χ0n) is 19.1. The number of methoxy groups -OCH3 is 1. The van der Waals surface area contributed by atoms with Crippen molar-refractivity contribution in [2.45, 2.75) is 32.9 Å². The summed E-state index contributed by atoms with van der Waals surface area (Å²) in [6.45, 7) is 4.51. The number of hydrogen-bond donors (Lipinski definition) is 2. The molecule has 0 fully saturated rings. The molecule has 3 aromatic rings. The number of amides is 1. The molecular weight excluding hydrogens is 456 g/mol. The minimum Gasteiger partial charge on any atom is -0.503 e. The Morgan fingerprint density at radius 1 is 1.26 bits per heavy atom. The number of thiazole rings is 1. The van der Waals surface area contributed by atoms with Crippen LogP contribution >= 0.6 is 11.3 Å². The number of esters is 1. The molecule has 2 N–H and O–H groups in total. The van der Waals surface area contributed by atoms with Crippen molar-refractivity contribution in [2.75, 3.05) is 13.7 Å². The maximum absolute atomic E-state index is 13.5. The number of carbonyl (C=O) groups is 3. The number of aryl methyl sites for hydroxylation is 3. The molecule has 4 rings (SSSR count). The largest absolute Gasteiger partial charge is 0.503 e. The summed E-state index contributed by atoms with van der Waals surface area (Å²) in [6, 6.07) is 5.73. The van der Waals surface area contributed by atoms with Gasteiger partial charge in [-0.15, -0.1) is 11.3 Å². The third kappa shape index (κ3) is 4.36. The van der Waals surface area contributed by atoms with Crippen LogP contribution in [-0.2, 0) is 16.1 Å². The summed E-state index contributed by atoms with van der Waals surface area (Å²) in [5.41, 5.74) is 1.54. The minimum absolute atomic E-state index is 0.0249. The van der Waals surface area contributed by atoms with Crippen LogP contribution in [0.1, 0.15) is 48.8 Å². The molecule has 0 aliphatic carbocycles. The van der Waals surface area contributed by atoms with Gasteiger partial charge in [0.15, 0.2) is 5.76 Å². The first kappa shape index (κ1) is 23.4. The van der Waals surface area contributed by atoms with Gasteiger partial charge >= 0.3 is 5.97 Å². The van der Waals surface area contributed by atoms with Gasteiger partial charge in [0.2, 0.25) is 12.1 Å². The third-order valence-corrected chi connectivity index (χ3v) is 6.80. The number of ketones is 1. The molecule has 3 heterocycles. The molecule has 176 valence electrons. The molecule has 2 aromatic heterocycles. The molecule has 1 unspecified atom stereocenters. The number of H-pyrrole nitrogens is 1. The quantitative estimate of drug-likeness (QED) is 0.290. The van der Waals surface area contributed by atoms with Crippen LogP contribution in [0.25, 0.3) is 0 Å². The maximum atomic E-state index is 13.5. The Labute approximate surface area is 200 Å². The normalized spacial score (nSPS) is 15.8. The Morgan fingerprint density at radius 2 is 2.00 bits per heavy atom. The molecule has 34 heavy (non-hydrogen) atoms. The van der Waals surface area contributed by atoms with E-state index < -0.39 is 29.5 Å². The van der Waals surface area contributed by atoms with Crippen LogP contribution in [0.2, 0.25) is 0 Å². The van der Waals surface area contributed by atoms with Gasteiger partial charge < -0.3 is 14.7 Å². The highest BCUT2D eigenvalue weighted by Crippen LogP contribution is 2.40. The third-order valence-electron chi connectivity index (χ3n) is 5.72. The molecule has 0 spiro atoms. The summed E-state index contributed by atoms with van der Waals surface area (Å²) in [5, 5.41) is 11.5. The monoisotopic (exact) mass is 481 g/mol. The number of nitrogens with one attached hydrogen (secondary N) is 1. The molecule has 0 radical (unpaired) electrons. The van der Waals surface area contributed by atoms with E-state index in [1.807, 2.05) is 17.1 Å². The number of benzene rings is 1. The Hall–Kier alpha value is -3.79. The second-order valence-electron chi connectivity index (χ2n) is 7.96. The van der Waals surface area contributed by atoms with Crippen LogP contribution in [0.15, 0.2) is 54.3 Å². The summed E-state index contributed by atoms with van der Waals surface area (Å²) in [5.74, 6) is -2.05. The van der Waals surface area contributed by atoms with E-state index in [4.69, 9.17) is 4.74 Å². The van der Waals surface area contributed by atoms with E-state index in [9.17, 15) is 19.5 Å². The molecule has 1 atom stereocenters. The van der Waals surface area contributed by atoms with Crippen molar-refractivity contribution in [3.8, 4) is 0 Å². The molecule has 1 amide bonds. The highest BCUT2D eigenvalue weighted by Gasteiger charge is 2.44. The van der Waals surface area contributed by atoms with E-state index in [2.05, 4.69) is 9.97 Å². The highest BCUT2D eigenvalue weighted by atomic mass is 32.1. The second-order valence-corrected chi connectivity index (χ2v) is 9.16. The van der Waals surface area contributed by atoms with Gasteiger partial charge in [0.25, 0.3) is 5.91 Å². The van der Waals surface area contributed by atoms with E-state index in [-0.39, 0.29) is 5.57 Å². The van der Waals surface area contributed by atoms with Gasteiger partial charge in [0.1, 0.15) is 12.4 Å². The molecule has 0 saturated carbocycles. The number of rotatable bonds is 8. The van der Waals surface area contributed by atoms with E-state index in [1.165, 1.54) is 23.3 Å². The lowest BCUT2D eigenvalue weighted by atomic mass is 9.94. The maximum Gasteiger partial charge on any atom is 0.337 e. The molecule has 0 bridgehead atoms. The standard InChI is InChI=1S/C24H24N4O5S/c1-14-22(34-15(2)26-14)20(29)18-19(16-5-7-17(8-6-16)24(32)33-3)28(23(31)21(18)30)11-4-10-27-12-9-25-13-27/h5-9,12-13,19H,4,10-11H2,1-3H3,(H,29,30)/p+1. The fourth-order valence-electron chi connectivity index (χ4n) is 4.13. The molecule has 10 heteroatoms. The van der Waals surface area contributed by atoms with Crippen LogP contribution in [0, 0.1) is 13.8 Å². The predicted molar refractivity (Wildman–Crippen MR) is 123 cm³/mol. The summed E-state index contributed by atoms with van der Waals surface area (Å²) < 4.78 is 6.71. The molecule has 1 aliphatic rings. The van der Waals surface area contributed by atoms with Gasteiger partial charge in [-0.05, 0) is 31.5 Å². The van der Waals surface area contributed by atoms with Crippen molar-refractivity contribution in [3.63, 3.8) is 0 Å². The number of imidazole rings is 1. The number of carbonyl (C=O) groups excluding carboxylic acids is 3. The van der Waals surface area contributed by atoms with E-state index in [1.54, 1.807) is 44.3 Å². The van der Waals surface area contributed by atoms with E-state index >= 15 is 0 Å². The lowest BCUT2D eigenvalue weighted by Crippen LogP contribution is -2.36. The number of Topliss-reactive ketones (excluding diaryl/α,β-unsaturated/α-hetero) is 1. The molecular formula is C24H25N4O5S+. The van der Waals surface area contributed by atoms with Crippen molar-refractivity contribution in [1.29, 1.82) is 0 Å². The molecule has 0 saturated heterocycles. The number of ether oxygens (including phenoxy) is 1. The Bertz CT molecular complexity index is 1260. The van der Waals surface area contributed by atoms with Gasteiger partial charge in [0.05, 0.1) is 46.4 Å². The van der Waals surface area contributed by atoms with Crippen LogP contribution in [-0.4, -0.2) is 51.3 Å². The van der Waals surface area contributed by atoms with Gasteiger partial charge in [-0.25, -0.2) is 14.3 Å². The second kappa shape index (κ2) is 9.60. The summed E-state index contributed by atoms with van der Waals surface area (Å²) >= 11 is 1.23. The Kier molecular flexibility index (Phi) is 6.60. The zero-order valence-corrected chi connectivity index (χ0v) is 19.9. The van der Waals surface area contributed by atoms with E-state index in [0.29, 0.717) is 41.2 Å². The first-order chi connectivity index (χ1) is 16.3. The molecule has 9 nitrogen and oxygen atoms in total. The highest BCUT2D eigenvalue weighted by molar-refractivity contribution is 7.14. The fourth-order valence-corrected chi connectivity index (χ4v) is 5.00. The molecule has 1 aromatic carbocycles.